The number of rotatable bonds is 3. The van der Waals surface area contributed by atoms with Crippen LogP contribution in [0.25, 0.3) is 0 Å². The predicted octanol–water partition coefficient (Wildman–Crippen LogP) is 0.592. The maximum atomic E-state index is 12.9. The number of nitrogens with one attached hydrogen (secondary N) is 1. The van der Waals surface area contributed by atoms with Crippen molar-refractivity contribution >= 4 is 23.8 Å². The third-order valence-corrected chi connectivity index (χ3v) is 6.15. The van der Waals surface area contributed by atoms with Crippen molar-refractivity contribution in [1.82, 2.24) is 20.0 Å². The van der Waals surface area contributed by atoms with Gasteiger partial charge >= 0.3 is 6.03 Å². The maximum absolute atomic E-state index is 12.9. The number of urea groups is 1. The molecule has 1 N–H and O–H groups in total. The number of piperazine rings is 1. The van der Waals surface area contributed by atoms with E-state index < -0.39 is 5.54 Å². The van der Waals surface area contributed by atoms with Crippen LogP contribution >= 0.6 is 0 Å². The van der Waals surface area contributed by atoms with E-state index in [1.165, 1.54) is 11.8 Å². The van der Waals surface area contributed by atoms with Crippen LogP contribution in [0.5, 0.6) is 0 Å². The molecule has 1 spiro atoms. The van der Waals surface area contributed by atoms with Crippen LogP contribution in [0.15, 0.2) is 24.3 Å². The Bertz CT molecular complexity index is 855. The summed E-state index contributed by atoms with van der Waals surface area (Å²) in [5.74, 6) is -0.269. The molecule has 4 rings (SSSR count). The largest absolute Gasteiger partial charge is 0.381 e. The second kappa shape index (κ2) is 8.06. The minimum Gasteiger partial charge on any atom is -0.381 e. The van der Waals surface area contributed by atoms with Gasteiger partial charge in [0.1, 0.15) is 5.54 Å². The first-order chi connectivity index (χ1) is 14.4. The molecule has 0 bridgehead atoms. The molecule has 3 aliphatic heterocycles. The standard InChI is InChI=1S/C21H26N4O5/c1-15(26)23-8-10-24(11-9-23)18(27)17-4-2-16(3-5-17)14-25-19(28)21(22-20(25)29)6-12-30-13-7-21/h2-5H,6-14H2,1H3,(H,22,29). The molecule has 9 heteroatoms. The number of imide groups is 1. The summed E-state index contributed by atoms with van der Waals surface area (Å²) in [4.78, 5) is 54.1. The number of amides is 5. The van der Waals surface area contributed by atoms with Crippen molar-refractivity contribution in [2.75, 3.05) is 39.4 Å². The highest BCUT2D eigenvalue weighted by molar-refractivity contribution is 6.07. The lowest BCUT2D eigenvalue weighted by Gasteiger charge is -2.34. The Labute approximate surface area is 174 Å². The normalized spacial score (nSPS) is 21.2. The van der Waals surface area contributed by atoms with Gasteiger partial charge in [-0.2, -0.15) is 0 Å². The Hall–Kier alpha value is -2.94. The van der Waals surface area contributed by atoms with E-state index in [1.807, 2.05) is 0 Å². The minimum absolute atomic E-state index is 0.0227. The van der Waals surface area contributed by atoms with Gasteiger partial charge in [-0.3, -0.25) is 19.3 Å². The van der Waals surface area contributed by atoms with Crippen LogP contribution in [0.4, 0.5) is 4.79 Å². The van der Waals surface area contributed by atoms with Crippen LogP contribution in [0.3, 0.4) is 0 Å². The minimum atomic E-state index is -0.840. The molecule has 0 unspecified atom stereocenters. The predicted molar refractivity (Wildman–Crippen MR) is 106 cm³/mol. The van der Waals surface area contributed by atoms with Crippen LogP contribution in [-0.2, 0) is 20.9 Å². The van der Waals surface area contributed by atoms with Crippen LogP contribution in [0, 0.1) is 0 Å². The van der Waals surface area contributed by atoms with Crippen LogP contribution in [0.2, 0.25) is 0 Å². The van der Waals surface area contributed by atoms with Gasteiger partial charge in [-0.15, -0.1) is 0 Å². The highest BCUT2D eigenvalue weighted by atomic mass is 16.5. The summed E-state index contributed by atoms with van der Waals surface area (Å²) < 4.78 is 5.32. The molecule has 3 aliphatic rings. The smallest absolute Gasteiger partial charge is 0.325 e. The Kier molecular flexibility index (Phi) is 5.46. The summed E-state index contributed by atoms with van der Waals surface area (Å²) in [6.45, 7) is 4.71. The lowest BCUT2D eigenvalue weighted by Crippen LogP contribution is -2.51. The van der Waals surface area contributed by atoms with Crippen molar-refractivity contribution in [3.63, 3.8) is 0 Å². The second-order valence-electron chi connectivity index (χ2n) is 8.01. The molecule has 0 radical (unpaired) electrons. The number of carbonyl (C=O) groups excluding carboxylic acids is 4. The Balaban J connectivity index is 1.38. The molecule has 5 amide bonds. The van der Waals surface area contributed by atoms with E-state index in [2.05, 4.69) is 5.32 Å². The zero-order valence-electron chi connectivity index (χ0n) is 17.1. The fraction of sp³-hybridized carbons (Fsp3) is 0.524. The molecule has 0 aromatic heterocycles. The Morgan fingerprint density at radius 3 is 2.20 bits per heavy atom. The summed E-state index contributed by atoms with van der Waals surface area (Å²) in [7, 11) is 0. The molecule has 9 nitrogen and oxygen atoms in total. The molecule has 3 saturated heterocycles. The number of benzene rings is 1. The molecule has 0 atom stereocenters. The van der Waals surface area contributed by atoms with E-state index in [0.29, 0.717) is 57.8 Å². The van der Waals surface area contributed by atoms with Gasteiger partial charge in [0.15, 0.2) is 0 Å². The summed E-state index contributed by atoms with van der Waals surface area (Å²) >= 11 is 0. The lowest BCUT2D eigenvalue weighted by molar-refractivity contribution is -0.135. The van der Waals surface area contributed by atoms with Crippen molar-refractivity contribution in [3.8, 4) is 0 Å². The monoisotopic (exact) mass is 414 g/mol. The van der Waals surface area contributed by atoms with Crippen molar-refractivity contribution in [2.24, 2.45) is 0 Å². The van der Waals surface area contributed by atoms with Crippen LogP contribution in [0.1, 0.15) is 35.7 Å². The van der Waals surface area contributed by atoms with Gasteiger partial charge in [0.2, 0.25) is 5.91 Å². The van der Waals surface area contributed by atoms with Crippen molar-refractivity contribution in [2.45, 2.75) is 31.8 Å². The summed E-state index contributed by atoms with van der Waals surface area (Å²) in [5, 5.41) is 2.84. The highest BCUT2D eigenvalue weighted by Crippen LogP contribution is 2.29. The molecule has 3 heterocycles. The van der Waals surface area contributed by atoms with Gasteiger partial charge in [-0.25, -0.2) is 4.79 Å². The molecule has 0 aliphatic carbocycles. The molecule has 0 saturated carbocycles. The number of hydrogen-bond donors (Lipinski definition) is 1. The van der Waals surface area contributed by atoms with Gasteiger partial charge in [-0.05, 0) is 17.7 Å². The molecule has 1 aromatic rings. The van der Waals surface area contributed by atoms with Crippen LogP contribution in [-0.4, -0.2) is 83.4 Å². The van der Waals surface area contributed by atoms with E-state index in [-0.39, 0.29) is 30.3 Å². The van der Waals surface area contributed by atoms with Crippen molar-refractivity contribution in [1.29, 1.82) is 0 Å². The van der Waals surface area contributed by atoms with Gasteiger partial charge in [0, 0.05) is 64.7 Å². The quantitative estimate of drug-likeness (QED) is 0.730. The number of ether oxygens (including phenoxy) is 1. The lowest BCUT2D eigenvalue weighted by atomic mass is 9.90. The molecular weight excluding hydrogens is 388 g/mol. The summed E-state index contributed by atoms with van der Waals surface area (Å²) in [5.41, 5.74) is 0.487. The Morgan fingerprint density at radius 2 is 1.60 bits per heavy atom. The van der Waals surface area contributed by atoms with Gasteiger partial charge < -0.3 is 19.9 Å². The first kappa shape index (κ1) is 20.3. The summed E-state index contributed by atoms with van der Waals surface area (Å²) in [6.07, 6.45) is 0.969. The number of nitrogens with zero attached hydrogens (tertiary/aromatic N) is 3. The van der Waals surface area contributed by atoms with Crippen molar-refractivity contribution < 1.29 is 23.9 Å². The molecule has 160 valence electrons. The number of carbonyl (C=O) groups is 4. The topological polar surface area (TPSA) is 99.3 Å². The van der Waals surface area contributed by atoms with Crippen molar-refractivity contribution in [3.05, 3.63) is 35.4 Å². The number of hydrogen-bond acceptors (Lipinski definition) is 5. The first-order valence-electron chi connectivity index (χ1n) is 10.3. The molecule has 1 aromatic carbocycles. The van der Waals surface area contributed by atoms with E-state index in [0.717, 1.165) is 5.56 Å². The van der Waals surface area contributed by atoms with Gasteiger partial charge in [0.25, 0.3) is 11.8 Å². The highest BCUT2D eigenvalue weighted by Gasteiger charge is 2.51. The second-order valence-corrected chi connectivity index (χ2v) is 8.01. The fourth-order valence-electron chi connectivity index (χ4n) is 4.22. The average molecular weight is 414 g/mol. The molecule has 30 heavy (non-hydrogen) atoms. The summed E-state index contributed by atoms with van der Waals surface area (Å²) in [6, 6.07) is 6.60. The molecule has 3 fully saturated rings. The SMILES string of the molecule is CC(=O)N1CCN(C(=O)c2ccc(CN3C(=O)NC4(CCOCC4)C3=O)cc2)CC1. The third-order valence-electron chi connectivity index (χ3n) is 6.15. The zero-order chi connectivity index (χ0) is 21.3. The average Bonchev–Trinajstić information content (AvgIpc) is 2.98. The van der Waals surface area contributed by atoms with Gasteiger partial charge in [0.05, 0.1) is 6.54 Å². The third kappa shape index (κ3) is 3.77. The van der Waals surface area contributed by atoms with Gasteiger partial charge in [-0.1, -0.05) is 12.1 Å². The Morgan fingerprint density at radius 1 is 1.00 bits per heavy atom. The van der Waals surface area contributed by atoms with Crippen LogP contribution < -0.4 is 5.32 Å². The zero-order valence-corrected chi connectivity index (χ0v) is 17.1. The molecular formula is C21H26N4O5. The maximum Gasteiger partial charge on any atom is 0.325 e. The van der Waals surface area contributed by atoms with E-state index >= 15 is 0 Å². The fourth-order valence-corrected chi connectivity index (χ4v) is 4.22. The van der Waals surface area contributed by atoms with E-state index in [4.69, 9.17) is 4.74 Å². The van der Waals surface area contributed by atoms with E-state index in [1.54, 1.807) is 34.1 Å². The first-order valence-corrected chi connectivity index (χ1v) is 10.3. The van der Waals surface area contributed by atoms with E-state index in [9.17, 15) is 19.2 Å².